The van der Waals surface area contributed by atoms with Crippen LogP contribution >= 0.6 is 0 Å². The Bertz CT molecular complexity index is 550. The van der Waals surface area contributed by atoms with E-state index < -0.39 is 0 Å². The van der Waals surface area contributed by atoms with Crippen molar-refractivity contribution in [1.82, 2.24) is 4.90 Å². The van der Waals surface area contributed by atoms with Gasteiger partial charge in [-0.1, -0.05) is 12.1 Å². The maximum atomic E-state index is 10.8. The summed E-state index contributed by atoms with van der Waals surface area (Å²) >= 11 is 0. The lowest BCUT2D eigenvalue weighted by atomic mass is 9.79. The summed E-state index contributed by atoms with van der Waals surface area (Å²) in [5.41, 5.74) is 1.58. The molecule has 2 aliphatic heterocycles. The van der Waals surface area contributed by atoms with E-state index in [1.807, 2.05) is 4.90 Å². The molecule has 1 aromatic carbocycles. The van der Waals surface area contributed by atoms with Crippen LogP contribution in [0.1, 0.15) is 27.7 Å². The summed E-state index contributed by atoms with van der Waals surface area (Å²) in [5.74, 6) is 0. The fourth-order valence-corrected chi connectivity index (χ4v) is 2.91. The van der Waals surface area contributed by atoms with Gasteiger partial charge in [0.15, 0.2) is 0 Å². The molecule has 2 heterocycles. The second-order valence-electron chi connectivity index (χ2n) is 7.31. The molecule has 6 heteroatoms. The Morgan fingerprint density at radius 1 is 0.957 bits per heavy atom. The predicted octanol–water partition coefficient (Wildman–Crippen LogP) is 1.26. The zero-order chi connectivity index (χ0) is 16.7. The van der Waals surface area contributed by atoms with Gasteiger partial charge in [-0.15, -0.1) is 0 Å². The number of carbonyl (C=O) groups excluding carboxylic acids is 1. The highest BCUT2D eigenvalue weighted by Crippen LogP contribution is 2.36. The van der Waals surface area contributed by atoms with Crippen molar-refractivity contribution < 1.29 is 14.1 Å². The molecule has 1 aromatic rings. The van der Waals surface area contributed by atoms with E-state index in [-0.39, 0.29) is 18.3 Å². The van der Waals surface area contributed by atoms with Crippen molar-refractivity contribution in [1.29, 1.82) is 0 Å². The van der Waals surface area contributed by atoms with Gasteiger partial charge in [-0.05, 0) is 45.3 Å². The lowest BCUT2D eigenvalue weighted by Crippen LogP contribution is -2.45. The van der Waals surface area contributed by atoms with Crippen molar-refractivity contribution in [3.05, 3.63) is 24.3 Å². The molecule has 0 aliphatic carbocycles. The number of nitrogens with zero attached hydrogens (tertiary/aromatic N) is 2. The van der Waals surface area contributed by atoms with E-state index in [1.54, 1.807) is 0 Å². The van der Waals surface area contributed by atoms with Crippen molar-refractivity contribution in [2.45, 2.75) is 38.9 Å². The topological polar surface area (TPSA) is 42.0 Å². The second-order valence-corrected chi connectivity index (χ2v) is 7.31. The molecule has 0 unspecified atom stereocenters. The molecule has 0 atom stereocenters. The molecule has 2 saturated heterocycles. The first kappa shape index (κ1) is 16.3. The van der Waals surface area contributed by atoms with Gasteiger partial charge in [0.25, 0.3) is 0 Å². The SMILES string of the molecule is CC1(C)OB(c2ccc(N3CCN(C=O)CC3)cc2)OC1(C)C. The van der Waals surface area contributed by atoms with Crippen molar-refractivity contribution in [3.8, 4) is 0 Å². The van der Waals surface area contributed by atoms with Crippen LogP contribution in [-0.4, -0.2) is 55.8 Å². The average molecular weight is 316 g/mol. The monoisotopic (exact) mass is 316 g/mol. The lowest BCUT2D eigenvalue weighted by Gasteiger charge is -2.34. The summed E-state index contributed by atoms with van der Waals surface area (Å²) in [6.07, 6.45) is 0.929. The number of hydrogen-bond donors (Lipinski definition) is 0. The van der Waals surface area contributed by atoms with Gasteiger partial charge in [0, 0.05) is 31.9 Å². The molecule has 2 fully saturated rings. The van der Waals surface area contributed by atoms with E-state index in [0.717, 1.165) is 38.1 Å². The summed E-state index contributed by atoms with van der Waals surface area (Å²) in [6, 6.07) is 8.36. The first-order valence-electron chi connectivity index (χ1n) is 8.22. The van der Waals surface area contributed by atoms with Gasteiger partial charge in [-0.3, -0.25) is 4.79 Å². The summed E-state index contributed by atoms with van der Waals surface area (Å²) in [6.45, 7) is 11.6. The van der Waals surface area contributed by atoms with E-state index in [9.17, 15) is 4.79 Å². The zero-order valence-corrected chi connectivity index (χ0v) is 14.4. The van der Waals surface area contributed by atoms with Gasteiger partial charge >= 0.3 is 7.12 Å². The van der Waals surface area contributed by atoms with Crippen LogP contribution in [0.4, 0.5) is 5.69 Å². The van der Waals surface area contributed by atoms with Crippen LogP contribution in [-0.2, 0) is 14.1 Å². The maximum absolute atomic E-state index is 10.8. The fraction of sp³-hybridized carbons (Fsp3) is 0.588. The predicted molar refractivity (Wildman–Crippen MR) is 92.0 cm³/mol. The van der Waals surface area contributed by atoms with Crippen LogP contribution in [0.5, 0.6) is 0 Å². The van der Waals surface area contributed by atoms with Crippen molar-refractivity contribution >= 4 is 24.7 Å². The highest BCUT2D eigenvalue weighted by atomic mass is 16.7. The van der Waals surface area contributed by atoms with Crippen LogP contribution in [0, 0.1) is 0 Å². The molecule has 124 valence electrons. The van der Waals surface area contributed by atoms with Gasteiger partial charge in [0.05, 0.1) is 11.2 Å². The average Bonchev–Trinajstić information content (AvgIpc) is 2.76. The Hall–Kier alpha value is -1.53. The molecule has 23 heavy (non-hydrogen) atoms. The van der Waals surface area contributed by atoms with E-state index in [1.165, 1.54) is 5.69 Å². The Morgan fingerprint density at radius 2 is 1.48 bits per heavy atom. The standard InChI is InChI=1S/C17H25BN2O3/c1-16(2)17(3,4)23-18(22-16)14-5-7-15(8-6-14)20-11-9-19(13-21)10-12-20/h5-8,13H,9-12H2,1-4H3. The van der Waals surface area contributed by atoms with E-state index >= 15 is 0 Å². The van der Waals surface area contributed by atoms with Crippen LogP contribution in [0.3, 0.4) is 0 Å². The molecular formula is C17H25BN2O3. The molecule has 3 rings (SSSR count). The summed E-state index contributed by atoms with van der Waals surface area (Å²) < 4.78 is 12.2. The number of benzene rings is 1. The van der Waals surface area contributed by atoms with E-state index in [0.29, 0.717) is 0 Å². The highest BCUT2D eigenvalue weighted by molar-refractivity contribution is 6.62. The molecule has 0 bridgehead atoms. The number of carbonyl (C=O) groups is 1. The van der Waals surface area contributed by atoms with Gasteiger partial charge in [-0.2, -0.15) is 0 Å². The molecule has 1 amide bonds. The molecule has 0 saturated carbocycles. The van der Waals surface area contributed by atoms with Crippen LogP contribution in [0.15, 0.2) is 24.3 Å². The van der Waals surface area contributed by atoms with Crippen LogP contribution in [0.2, 0.25) is 0 Å². The van der Waals surface area contributed by atoms with Crippen LogP contribution < -0.4 is 10.4 Å². The maximum Gasteiger partial charge on any atom is 0.494 e. The summed E-state index contributed by atoms with van der Waals surface area (Å²) in [7, 11) is -0.319. The second kappa shape index (κ2) is 5.84. The van der Waals surface area contributed by atoms with Gasteiger partial charge in [0.1, 0.15) is 0 Å². The zero-order valence-electron chi connectivity index (χ0n) is 14.4. The third-order valence-corrected chi connectivity index (χ3v) is 5.25. The quantitative estimate of drug-likeness (QED) is 0.622. The molecular weight excluding hydrogens is 291 g/mol. The Balaban J connectivity index is 1.68. The summed E-state index contributed by atoms with van der Waals surface area (Å²) in [5, 5.41) is 0. The van der Waals surface area contributed by atoms with Gasteiger partial charge in [0.2, 0.25) is 6.41 Å². The molecule has 5 nitrogen and oxygen atoms in total. The number of piperazine rings is 1. The Morgan fingerprint density at radius 3 is 1.96 bits per heavy atom. The first-order valence-corrected chi connectivity index (χ1v) is 8.22. The highest BCUT2D eigenvalue weighted by Gasteiger charge is 2.51. The smallest absolute Gasteiger partial charge is 0.399 e. The van der Waals surface area contributed by atoms with Crippen LogP contribution in [0.25, 0.3) is 0 Å². The molecule has 0 radical (unpaired) electrons. The van der Waals surface area contributed by atoms with E-state index in [2.05, 4.69) is 56.9 Å². The minimum Gasteiger partial charge on any atom is -0.399 e. The van der Waals surface area contributed by atoms with Crippen molar-refractivity contribution in [2.75, 3.05) is 31.1 Å². The molecule has 0 spiro atoms. The number of anilines is 1. The Kier molecular flexibility index (Phi) is 4.15. The minimum absolute atomic E-state index is 0.318. The Labute approximate surface area is 138 Å². The van der Waals surface area contributed by atoms with Gasteiger partial charge in [-0.25, -0.2) is 0 Å². The largest absolute Gasteiger partial charge is 0.494 e. The van der Waals surface area contributed by atoms with Crippen molar-refractivity contribution in [2.24, 2.45) is 0 Å². The number of hydrogen-bond acceptors (Lipinski definition) is 4. The third kappa shape index (κ3) is 3.10. The molecule has 0 aromatic heterocycles. The number of rotatable bonds is 3. The van der Waals surface area contributed by atoms with E-state index in [4.69, 9.17) is 9.31 Å². The van der Waals surface area contributed by atoms with Crippen molar-refractivity contribution in [3.63, 3.8) is 0 Å². The minimum atomic E-state index is -0.319. The third-order valence-electron chi connectivity index (χ3n) is 5.25. The fourth-order valence-electron chi connectivity index (χ4n) is 2.91. The molecule has 2 aliphatic rings. The molecule has 0 N–H and O–H groups in total. The lowest BCUT2D eigenvalue weighted by molar-refractivity contribution is -0.118. The first-order chi connectivity index (χ1) is 10.8. The summed E-state index contributed by atoms with van der Waals surface area (Å²) in [4.78, 5) is 14.9. The normalized spacial score (nSPS) is 23.2. The van der Waals surface area contributed by atoms with Gasteiger partial charge < -0.3 is 19.1 Å². The number of amides is 1.